The molecule has 0 amide bonds. The molecular formula is C16H27BN4S2. The molecule has 2 aromatic heterocycles. The first-order valence-corrected chi connectivity index (χ1v) is 9.84. The minimum atomic E-state index is 0.137. The van der Waals surface area contributed by atoms with Crippen LogP contribution in [-0.2, 0) is 0 Å². The summed E-state index contributed by atoms with van der Waals surface area (Å²) >= 11 is 3.10. The van der Waals surface area contributed by atoms with Crippen molar-refractivity contribution in [2.75, 3.05) is 11.9 Å². The monoisotopic (exact) mass is 350 g/mol. The van der Waals surface area contributed by atoms with Gasteiger partial charge in [0.15, 0.2) is 22.6 Å². The van der Waals surface area contributed by atoms with E-state index in [0.717, 1.165) is 27.6 Å². The first kappa shape index (κ1) is 18.7. The van der Waals surface area contributed by atoms with Crippen LogP contribution in [0.5, 0.6) is 0 Å². The zero-order valence-electron chi connectivity index (χ0n) is 15.2. The summed E-state index contributed by atoms with van der Waals surface area (Å²) in [5.41, 5.74) is 0.274. The Morgan fingerprint density at radius 3 is 2.09 bits per heavy atom. The molecule has 23 heavy (non-hydrogen) atoms. The van der Waals surface area contributed by atoms with Crippen LogP contribution < -0.4 is 15.1 Å². The Bertz CT molecular complexity index is 615. The van der Waals surface area contributed by atoms with Crippen molar-refractivity contribution < 1.29 is 0 Å². The van der Waals surface area contributed by atoms with Crippen molar-refractivity contribution in [2.45, 2.75) is 71.5 Å². The predicted molar refractivity (Wildman–Crippen MR) is 105 cm³/mol. The fraction of sp³-hybridized carbons (Fsp3) is 0.750. The zero-order valence-corrected chi connectivity index (χ0v) is 16.9. The Balaban J connectivity index is 0.000000924. The highest BCUT2D eigenvalue weighted by molar-refractivity contribution is 7.31. The summed E-state index contributed by atoms with van der Waals surface area (Å²) in [5, 5.41) is 4.77. The van der Waals surface area contributed by atoms with Crippen LogP contribution >= 0.6 is 22.7 Å². The highest BCUT2D eigenvalue weighted by Crippen LogP contribution is 2.36. The van der Waals surface area contributed by atoms with Crippen LogP contribution in [0.4, 0.5) is 5.13 Å². The number of nitrogens with zero attached hydrogens (tertiary/aromatic N) is 3. The maximum Gasteiger partial charge on any atom is 0.188 e. The van der Waals surface area contributed by atoms with Crippen molar-refractivity contribution in [1.29, 1.82) is 0 Å². The van der Waals surface area contributed by atoms with Gasteiger partial charge in [-0.25, -0.2) is 9.97 Å². The van der Waals surface area contributed by atoms with Gasteiger partial charge in [0.05, 0.1) is 0 Å². The van der Waals surface area contributed by atoms with Crippen LogP contribution in [0.25, 0.3) is 9.66 Å². The van der Waals surface area contributed by atoms with Crippen LogP contribution in [0.1, 0.15) is 54.4 Å². The van der Waals surface area contributed by atoms with Crippen LogP contribution in [0.3, 0.4) is 0 Å². The SMILES string of the molecule is CC.[B]c1nc2sc(N(C)C3CC(C)(C)NC(C)(C)C3)nc2s1. The van der Waals surface area contributed by atoms with Gasteiger partial charge in [-0.2, -0.15) is 0 Å². The summed E-state index contributed by atoms with van der Waals surface area (Å²) in [7, 11) is 7.87. The first-order chi connectivity index (χ1) is 10.7. The average molecular weight is 350 g/mol. The molecule has 0 bridgehead atoms. The molecule has 126 valence electrons. The average Bonchev–Trinajstić information content (AvgIpc) is 2.93. The minimum Gasteiger partial charge on any atom is -0.348 e. The molecule has 0 unspecified atom stereocenters. The molecule has 0 saturated carbocycles. The fourth-order valence-corrected chi connectivity index (χ4v) is 5.34. The van der Waals surface area contributed by atoms with Crippen LogP contribution in [-0.4, -0.2) is 42.0 Å². The summed E-state index contributed by atoms with van der Waals surface area (Å²) in [6, 6.07) is 0.480. The van der Waals surface area contributed by atoms with Crippen LogP contribution in [0.2, 0.25) is 0 Å². The zero-order chi connectivity index (χ0) is 17.4. The van der Waals surface area contributed by atoms with E-state index in [1.807, 2.05) is 13.8 Å². The van der Waals surface area contributed by atoms with Crippen molar-refractivity contribution in [3.8, 4) is 0 Å². The highest BCUT2D eigenvalue weighted by atomic mass is 32.1. The lowest BCUT2D eigenvalue weighted by molar-refractivity contribution is 0.161. The number of aromatic nitrogens is 2. The van der Waals surface area contributed by atoms with Gasteiger partial charge in [-0.1, -0.05) is 25.2 Å². The highest BCUT2D eigenvalue weighted by Gasteiger charge is 2.39. The van der Waals surface area contributed by atoms with E-state index < -0.39 is 0 Å². The molecule has 3 heterocycles. The summed E-state index contributed by atoms with van der Waals surface area (Å²) in [6.45, 7) is 13.1. The lowest BCUT2D eigenvalue weighted by Crippen LogP contribution is -2.61. The van der Waals surface area contributed by atoms with E-state index >= 15 is 0 Å². The van der Waals surface area contributed by atoms with Gasteiger partial charge in [-0.3, -0.25) is 0 Å². The number of rotatable bonds is 2. The third kappa shape index (κ3) is 4.25. The second-order valence-corrected chi connectivity index (χ2v) is 9.19. The Labute approximate surface area is 149 Å². The van der Waals surface area contributed by atoms with Crippen molar-refractivity contribution in [2.24, 2.45) is 0 Å². The summed E-state index contributed by atoms with van der Waals surface area (Å²) < 4.78 is 0. The van der Waals surface area contributed by atoms with Gasteiger partial charge in [0.2, 0.25) is 0 Å². The van der Waals surface area contributed by atoms with E-state index in [1.165, 1.54) is 11.3 Å². The maximum absolute atomic E-state index is 5.73. The number of hydrogen-bond donors (Lipinski definition) is 1. The molecule has 1 aliphatic heterocycles. The first-order valence-electron chi connectivity index (χ1n) is 8.20. The van der Waals surface area contributed by atoms with E-state index in [2.05, 4.69) is 49.9 Å². The van der Waals surface area contributed by atoms with E-state index in [0.29, 0.717) is 10.9 Å². The van der Waals surface area contributed by atoms with Crippen molar-refractivity contribution in [3.05, 3.63) is 0 Å². The third-order valence-electron chi connectivity index (χ3n) is 4.00. The van der Waals surface area contributed by atoms with Crippen molar-refractivity contribution in [3.63, 3.8) is 0 Å². The van der Waals surface area contributed by atoms with Gasteiger partial charge < -0.3 is 10.2 Å². The van der Waals surface area contributed by atoms with Gasteiger partial charge >= 0.3 is 0 Å². The number of thiazole rings is 2. The Morgan fingerprint density at radius 1 is 1.04 bits per heavy atom. The van der Waals surface area contributed by atoms with Crippen LogP contribution in [0, 0.1) is 0 Å². The van der Waals surface area contributed by atoms with Gasteiger partial charge in [-0.15, -0.1) is 11.3 Å². The van der Waals surface area contributed by atoms with E-state index in [1.54, 1.807) is 11.3 Å². The molecule has 1 saturated heterocycles. The number of piperidine rings is 1. The second kappa shape index (κ2) is 6.69. The molecule has 3 rings (SSSR count). The standard InChI is InChI=1S/C14H21BN4S2.C2H6/c1-13(2)6-8(7-14(3,4)18-13)19(5)12-17-10-9(21-12)16-11(15)20-10;1-2/h8,18H,6-7H2,1-5H3;1-2H3. The van der Waals surface area contributed by atoms with Gasteiger partial charge in [0.25, 0.3) is 0 Å². The molecule has 2 aromatic rings. The Hall–Kier alpha value is -0.655. The third-order valence-corrected chi connectivity index (χ3v) is 5.95. The molecule has 7 heteroatoms. The molecule has 4 nitrogen and oxygen atoms in total. The Kier molecular flexibility index (Phi) is 5.43. The maximum atomic E-state index is 5.73. The lowest BCUT2D eigenvalue weighted by atomic mass is 9.79. The van der Waals surface area contributed by atoms with E-state index in [9.17, 15) is 0 Å². The largest absolute Gasteiger partial charge is 0.348 e. The summed E-state index contributed by atoms with van der Waals surface area (Å²) in [5.74, 6) is 0. The molecule has 0 aliphatic carbocycles. The van der Waals surface area contributed by atoms with E-state index in [4.69, 9.17) is 12.8 Å². The molecule has 2 radical (unpaired) electrons. The summed E-state index contributed by atoms with van der Waals surface area (Å²) in [6.07, 6.45) is 2.21. The molecule has 1 aliphatic rings. The molecule has 0 spiro atoms. The second-order valence-electron chi connectivity index (χ2n) is 7.22. The predicted octanol–water partition coefficient (Wildman–Crippen LogP) is 3.32. The molecule has 0 atom stereocenters. The number of fused-ring (bicyclic) bond motifs is 1. The Morgan fingerprint density at radius 2 is 1.57 bits per heavy atom. The van der Waals surface area contributed by atoms with Crippen molar-refractivity contribution in [1.82, 2.24) is 15.3 Å². The molecule has 0 aromatic carbocycles. The number of hydrogen-bond acceptors (Lipinski definition) is 6. The van der Waals surface area contributed by atoms with Crippen LogP contribution in [0.15, 0.2) is 0 Å². The van der Waals surface area contributed by atoms with Crippen molar-refractivity contribution >= 4 is 50.2 Å². The van der Waals surface area contributed by atoms with Gasteiger partial charge in [0.1, 0.15) is 0 Å². The summed E-state index contributed by atoms with van der Waals surface area (Å²) in [4.78, 5) is 13.9. The molecule has 1 N–H and O–H groups in total. The van der Waals surface area contributed by atoms with Gasteiger partial charge in [0, 0.05) is 29.1 Å². The smallest absolute Gasteiger partial charge is 0.188 e. The quantitative estimate of drug-likeness (QED) is 0.844. The normalized spacial score (nSPS) is 20.1. The van der Waals surface area contributed by atoms with Gasteiger partial charge in [-0.05, 0) is 40.5 Å². The number of nitrogens with one attached hydrogen (secondary N) is 1. The number of anilines is 1. The topological polar surface area (TPSA) is 41.1 Å². The molecular weight excluding hydrogens is 323 g/mol. The molecule has 1 fully saturated rings. The lowest BCUT2D eigenvalue weighted by Gasteiger charge is -2.48. The minimum absolute atomic E-state index is 0.137. The fourth-order valence-electron chi connectivity index (χ4n) is 3.50. The van der Waals surface area contributed by atoms with E-state index in [-0.39, 0.29) is 11.1 Å².